The van der Waals surface area contributed by atoms with Crippen LogP contribution >= 0.6 is 0 Å². The summed E-state index contributed by atoms with van der Waals surface area (Å²) in [5.41, 5.74) is 3.74. The standard InChI is InChI=1S/C27H28N4O4/c1-17(32)28-21-9-7-19(8-10-21)22-11-12-24-20-13-18(15-31(24)26(22)33)14-30(16-20)27(34)29-23-5-3-4-6-25(23)35-2/h3-12,18,20H,13-16H2,1-2H3,(H,28,32)(H,29,34). The molecule has 2 aliphatic heterocycles. The van der Waals surface area contributed by atoms with Gasteiger partial charge in [0.05, 0.1) is 12.8 Å². The zero-order chi connectivity index (χ0) is 24.5. The van der Waals surface area contributed by atoms with E-state index in [1.165, 1.54) is 6.92 Å². The average molecular weight is 473 g/mol. The molecule has 0 radical (unpaired) electrons. The van der Waals surface area contributed by atoms with Gasteiger partial charge in [-0.2, -0.15) is 0 Å². The summed E-state index contributed by atoms with van der Waals surface area (Å²) in [7, 11) is 1.58. The Morgan fingerprint density at radius 3 is 2.46 bits per heavy atom. The lowest BCUT2D eigenvalue weighted by Gasteiger charge is -2.42. The number of urea groups is 1. The third-order valence-electron chi connectivity index (χ3n) is 6.76. The molecule has 2 N–H and O–H groups in total. The van der Waals surface area contributed by atoms with Crippen molar-refractivity contribution in [2.75, 3.05) is 30.8 Å². The molecule has 3 heterocycles. The number of nitrogens with one attached hydrogen (secondary N) is 2. The molecule has 180 valence electrons. The predicted molar refractivity (Wildman–Crippen MR) is 135 cm³/mol. The zero-order valence-corrected chi connectivity index (χ0v) is 19.8. The van der Waals surface area contributed by atoms with Gasteiger partial charge in [-0.3, -0.25) is 9.59 Å². The normalized spacial score (nSPS) is 18.4. The van der Waals surface area contributed by atoms with Crippen LogP contribution in [-0.2, 0) is 11.3 Å². The Hall–Kier alpha value is -4.07. The summed E-state index contributed by atoms with van der Waals surface area (Å²) in [6, 6.07) is 18.4. The Labute approximate surface area is 203 Å². The number of rotatable bonds is 4. The van der Waals surface area contributed by atoms with Crippen molar-refractivity contribution in [3.05, 3.63) is 76.7 Å². The van der Waals surface area contributed by atoms with E-state index in [0.717, 1.165) is 17.7 Å². The molecular weight excluding hydrogens is 444 g/mol. The zero-order valence-electron chi connectivity index (χ0n) is 19.8. The molecule has 1 fully saturated rings. The van der Waals surface area contributed by atoms with Crippen LogP contribution in [0.2, 0.25) is 0 Å². The minimum Gasteiger partial charge on any atom is -0.495 e. The second-order valence-corrected chi connectivity index (χ2v) is 9.18. The lowest BCUT2D eigenvalue weighted by Crippen LogP contribution is -2.50. The maximum Gasteiger partial charge on any atom is 0.321 e. The van der Waals surface area contributed by atoms with E-state index in [1.54, 1.807) is 19.2 Å². The van der Waals surface area contributed by atoms with Gasteiger partial charge < -0.3 is 24.8 Å². The van der Waals surface area contributed by atoms with Crippen LogP contribution in [0.4, 0.5) is 16.2 Å². The van der Waals surface area contributed by atoms with E-state index in [1.807, 2.05) is 58.0 Å². The van der Waals surface area contributed by atoms with Gasteiger partial charge in [-0.1, -0.05) is 24.3 Å². The van der Waals surface area contributed by atoms with Crippen LogP contribution in [0.5, 0.6) is 5.75 Å². The molecule has 0 aliphatic carbocycles. The van der Waals surface area contributed by atoms with E-state index in [4.69, 9.17) is 4.74 Å². The van der Waals surface area contributed by atoms with Gasteiger partial charge in [0, 0.05) is 49.4 Å². The molecule has 5 rings (SSSR count). The number of pyridine rings is 1. The fourth-order valence-electron chi connectivity index (χ4n) is 5.21. The number of hydrogen-bond acceptors (Lipinski definition) is 4. The first-order chi connectivity index (χ1) is 16.9. The first kappa shape index (κ1) is 22.7. The molecule has 0 saturated carbocycles. The number of anilines is 2. The first-order valence-corrected chi connectivity index (χ1v) is 11.7. The summed E-state index contributed by atoms with van der Waals surface area (Å²) in [6.07, 6.45) is 0.961. The number of ether oxygens (including phenoxy) is 1. The number of aromatic nitrogens is 1. The highest BCUT2D eigenvalue weighted by Gasteiger charge is 2.37. The molecule has 35 heavy (non-hydrogen) atoms. The summed E-state index contributed by atoms with van der Waals surface area (Å²) in [5.74, 6) is 0.797. The van der Waals surface area contributed by atoms with Crippen molar-refractivity contribution >= 4 is 23.3 Å². The fraction of sp³-hybridized carbons (Fsp3) is 0.296. The number of hydrogen-bond donors (Lipinski definition) is 2. The summed E-state index contributed by atoms with van der Waals surface area (Å²) in [6.45, 7) is 3.20. The number of amides is 3. The molecule has 2 bridgehead atoms. The topological polar surface area (TPSA) is 92.7 Å². The number of carbonyl (C=O) groups is 2. The SMILES string of the molecule is COc1ccccc1NC(=O)N1CC2CC(C1)c1ccc(-c3ccc(NC(C)=O)cc3)c(=O)n1C2. The van der Waals surface area contributed by atoms with Gasteiger partial charge in [0.15, 0.2) is 0 Å². The number of methoxy groups -OCH3 is 1. The van der Waals surface area contributed by atoms with Gasteiger partial charge in [-0.15, -0.1) is 0 Å². The Morgan fingerprint density at radius 1 is 0.943 bits per heavy atom. The largest absolute Gasteiger partial charge is 0.495 e. The highest BCUT2D eigenvalue weighted by Crippen LogP contribution is 2.36. The quantitative estimate of drug-likeness (QED) is 0.597. The molecule has 2 aliphatic rings. The van der Waals surface area contributed by atoms with E-state index in [-0.39, 0.29) is 29.3 Å². The Morgan fingerprint density at radius 2 is 1.71 bits per heavy atom. The monoisotopic (exact) mass is 472 g/mol. The number of likely N-dealkylation sites (tertiary alicyclic amines) is 1. The molecule has 3 amide bonds. The van der Waals surface area contributed by atoms with Crippen LogP contribution in [0, 0.1) is 5.92 Å². The number of para-hydroxylation sites is 2. The third-order valence-corrected chi connectivity index (χ3v) is 6.76. The van der Waals surface area contributed by atoms with E-state index < -0.39 is 0 Å². The van der Waals surface area contributed by atoms with Crippen LogP contribution in [0.3, 0.4) is 0 Å². The Kier molecular flexibility index (Phi) is 6.03. The lowest BCUT2D eigenvalue weighted by molar-refractivity contribution is -0.114. The summed E-state index contributed by atoms with van der Waals surface area (Å²) in [5, 5.41) is 5.71. The second kappa shape index (κ2) is 9.29. The van der Waals surface area contributed by atoms with Crippen LogP contribution < -0.4 is 20.9 Å². The summed E-state index contributed by atoms with van der Waals surface area (Å²) in [4.78, 5) is 39.6. The molecule has 3 aromatic rings. The van der Waals surface area contributed by atoms with E-state index >= 15 is 0 Å². The molecule has 1 aromatic heterocycles. The number of carbonyl (C=O) groups excluding carboxylic acids is 2. The van der Waals surface area contributed by atoms with Crippen LogP contribution in [0.15, 0.2) is 65.5 Å². The fourth-order valence-corrected chi connectivity index (χ4v) is 5.21. The van der Waals surface area contributed by atoms with E-state index in [0.29, 0.717) is 42.3 Å². The van der Waals surface area contributed by atoms with Crippen molar-refractivity contribution in [3.63, 3.8) is 0 Å². The van der Waals surface area contributed by atoms with Crippen molar-refractivity contribution in [3.8, 4) is 16.9 Å². The highest BCUT2D eigenvalue weighted by atomic mass is 16.5. The first-order valence-electron chi connectivity index (χ1n) is 11.7. The molecule has 2 aromatic carbocycles. The van der Waals surface area contributed by atoms with Crippen molar-refractivity contribution in [1.29, 1.82) is 0 Å². The molecule has 8 nitrogen and oxygen atoms in total. The van der Waals surface area contributed by atoms with Crippen molar-refractivity contribution in [2.24, 2.45) is 5.92 Å². The molecule has 0 spiro atoms. The summed E-state index contributed by atoms with van der Waals surface area (Å²) >= 11 is 0. The van der Waals surface area contributed by atoms with Crippen LogP contribution in [0.25, 0.3) is 11.1 Å². The van der Waals surface area contributed by atoms with E-state index in [9.17, 15) is 14.4 Å². The van der Waals surface area contributed by atoms with Crippen LogP contribution in [0.1, 0.15) is 25.0 Å². The molecule has 2 unspecified atom stereocenters. The summed E-state index contributed by atoms with van der Waals surface area (Å²) < 4.78 is 7.23. The average Bonchev–Trinajstić information content (AvgIpc) is 2.85. The van der Waals surface area contributed by atoms with Crippen molar-refractivity contribution < 1.29 is 14.3 Å². The molecule has 8 heteroatoms. The number of fused-ring (bicyclic) bond motifs is 4. The Bertz CT molecular complexity index is 1330. The predicted octanol–water partition coefficient (Wildman–Crippen LogP) is 4.13. The molecular formula is C27H28N4O4. The van der Waals surface area contributed by atoms with Gasteiger partial charge in [0.1, 0.15) is 5.75 Å². The Balaban J connectivity index is 1.36. The maximum atomic E-state index is 13.4. The van der Waals surface area contributed by atoms with Gasteiger partial charge >= 0.3 is 6.03 Å². The van der Waals surface area contributed by atoms with Gasteiger partial charge in [-0.05, 0) is 54.3 Å². The maximum absolute atomic E-state index is 13.4. The number of piperidine rings is 1. The van der Waals surface area contributed by atoms with Gasteiger partial charge in [-0.25, -0.2) is 4.79 Å². The molecule has 1 saturated heterocycles. The van der Waals surface area contributed by atoms with E-state index in [2.05, 4.69) is 10.6 Å². The number of benzene rings is 2. The van der Waals surface area contributed by atoms with Gasteiger partial charge in [0.2, 0.25) is 5.91 Å². The third kappa shape index (κ3) is 4.51. The minimum absolute atomic E-state index is 0.0172. The minimum atomic E-state index is -0.157. The van der Waals surface area contributed by atoms with Crippen molar-refractivity contribution in [2.45, 2.75) is 25.8 Å². The van der Waals surface area contributed by atoms with Gasteiger partial charge in [0.25, 0.3) is 5.56 Å². The second-order valence-electron chi connectivity index (χ2n) is 9.18. The van der Waals surface area contributed by atoms with Crippen LogP contribution in [-0.4, -0.2) is 41.6 Å². The van der Waals surface area contributed by atoms with Crippen molar-refractivity contribution in [1.82, 2.24) is 9.47 Å². The lowest BCUT2D eigenvalue weighted by atomic mass is 9.83. The smallest absolute Gasteiger partial charge is 0.321 e. The number of nitrogens with zero attached hydrogens (tertiary/aromatic N) is 2. The molecule has 2 atom stereocenters. The highest BCUT2D eigenvalue weighted by molar-refractivity contribution is 5.91.